The largest absolute Gasteiger partial charge is 0.441 e. The molecule has 0 spiro atoms. The van der Waals surface area contributed by atoms with E-state index in [1.807, 2.05) is 0 Å². The molecule has 2 N–H and O–H groups in total. The van der Waals surface area contributed by atoms with E-state index in [4.69, 9.17) is 10.2 Å². The van der Waals surface area contributed by atoms with Gasteiger partial charge in [0.05, 0.1) is 12.7 Å². The maximum absolute atomic E-state index is 11.7. The molecule has 50 valence electrons. The molecule has 3 nitrogen and oxygen atoms in total. The first kappa shape index (κ1) is 6.22. The minimum Gasteiger partial charge on any atom is -0.441 e. The Bertz CT molecular complexity index is 168. The Labute approximate surface area is 51.7 Å². The van der Waals surface area contributed by atoms with Crippen LogP contribution in [0, 0.1) is 0 Å². The lowest BCUT2D eigenvalue weighted by Gasteiger charge is -1.83. The standard InChI is InChI=1S/C5H7FN2O/c6-1-5-8-3-4(2-7)9-5/h3H,1-2,7H2. The number of hydrogen-bond acceptors (Lipinski definition) is 3. The highest BCUT2D eigenvalue weighted by Crippen LogP contribution is 2.02. The maximum atomic E-state index is 11.7. The van der Waals surface area contributed by atoms with Gasteiger partial charge in [-0.3, -0.25) is 0 Å². The van der Waals surface area contributed by atoms with Gasteiger partial charge in [-0.25, -0.2) is 9.37 Å². The highest BCUT2D eigenvalue weighted by atomic mass is 19.1. The summed E-state index contributed by atoms with van der Waals surface area (Å²) in [6, 6.07) is 0. The van der Waals surface area contributed by atoms with Gasteiger partial charge in [0.2, 0.25) is 5.89 Å². The van der Waals surface area contributed by atoms with E-state index in [0.717, 1.165) is 0 Å². The predicted molar refractivity (Wildman–Crippen MR) is 29.2 cm³/mol. The van der Waals surface area contributed by atoms with Gasteiger partial charge >= 0.3 is 0 Å². The third-order valence-electron chi connectivity index (χ3n) is 0.917. The zero-order chi connectivity index (χ0) is 6.69. The van der Waals surface area contributed by atoms with Crippen LogP contribution in [-0.2, 0) is 13.2 Å². The van der Waals surface area contributed by atoms with Crippen molar-refractivity contribution in [3.05, 3.63) is 17.8 Å². The van der Waals surface area contributed by atoms with E-state index >= 15 is 0 Å². The average Bonchev–Trinajstić information content (AvgIpc) is 2.34. The number of rotatable bonds is 2. The smallest absolute Gasteiger partial charge is 0.225 e. The van der Waals surface area contributed by atoms with Gasteiger partial charge in [-0.1, -0.05) is 0 Å². The first-order chi connectivity index (χ1) is 4.36. The molecule has 1 rings (SSSR count). The number of aromatic nitrogens is 1. The van der Waals surface area contributed by atoms with Crippen LogP contribution in [0.5, 0.6) is 0 Å². The predicted octanol–water partition coefficient (Wildman–Crippen LogP) is 0.603. The molecule has 1 heterocycles. The summed E-state index contributed by atoms with van der Waals surface area (Å²) in [5.41, 5.74) is 5.16. The van der Waals surface area contributed by atoms with Crippen LogP contribution in [0.2, 0.25) is 0 Å². The number of nitrogens with two attached hydrogens (primary N) is 1. The van der Waals surface area contributed by atoms with Crippen LogP contribution in [0.25, 0.3) is 0 Å². The molecule has 9 heavy (non-hydrogen) atoms. The van der Waals surface area contributed by atoms with Gasteiger partial charge in [-0.15, -0.1) is 0 Å². The van der Waals surface area contributed by atoms with Crippen molar-refractivity contribution >= 4 is 0 Å². The normalized spacial score (nSPS) is 10.0. The van der Waals surface area contributed by atoms with Gasteiger partial charge < -0.3 is 10.2 Å². The second kappa shape index (κ2) is 2.59. The Hall–Kier alpha value is -0.900. The third-order valence-corrected chi connectivity index (χ3v) is 0.917. The summed E-state index contributed by atoms with van der Waals surface area (Å²) in [5, 5.41) is 0. The molecule has 0 aliphatic heterocycles. The fourth-order valence-electron chi connectivity index (χ4n) is 0.504. The molecule has 0 atom stereocenters. The summed E-state index contributed by atoms with van der Waals surface area (Å²) < 4.78 is 16.4. The van der Waals surface area contributed by atoms with Gasteiger partial charge in [-0.05, 0) is 0 Å². The van der Waals surface area contributed by atoms with E-state index < -0.39 is 6.67 Å². The summed E-state index contributed by atoms with van der Waals surface area (Å²) in [4.78, 5) is 3.58. The van der Waals surface area contributed by atoms with E-state index in [2.05, 4.69) is 4.98 Å². The van der Waals surface area contributed by atoms with E-state index in [1.54, 1.807) is 0 Å². The van der Waals surface area contributed by atoms with Crippen molar-refractivity contribution < 1.29 is 8.81 Å². The van der Waals surface area contributed by atoms with Crippen LogP contribution in [-0.4, -0.2) is 4.98 Å². The lowest BCUT2D eigenvalue weighted by molar-refractivity contribution is 0.366. The number of oxazole rings is 1. The van der Waals surface area contributed by atoms with Gasteiger partial charge in [0, 0.05) is 0 Å². The van der Waals surface area contributed by atoms with Gasteiger partial charge in [0.25, 0.3) is 0 Å². The number of halogens is 1. The van der Waals surface area contributed by atoms with Gasteiger partial charge in [0.1, 0.15) is 5.76 Å². The number of hydrogen-bond donors (Lipinski definition) is 1. The Balaban J connectivity index is 2.74. The van der Waals surface area contributed by atoms with Crippen molar-refractivity contribution in [2.45, 2.75) is 13.2 Å². The Kier molecular flexibility index (Phi) is 1.79. The van der Waals surface area contributed by atoms with Crippen molar-refractivity contribution in [2.75, 3.05) is 0 Å². The van der Waals surface area contributed by atoms with Crippen LogP contribution in [0.3, 0.4) is 0 Å². The monoisotopic (exact) mass is 130 g/mol. The second-order valence-corrected chi connectivity index (χ2v) is 1.56. The molecule has 0 aromatic carbocycles. The molecule has 0 amide bonds. The molecule has 1 aromatic heterocycles. The molecular weight excluding hydrogens is 123 g/mol. The molecule has 1 aromatic rings. The van der Waals surface area contributed by atoms with E-state index in [9.17, 15) is 4.39 Å². The van der Waals surface area contributed by atoms with Crippen LogP contribution in [0.4, 0.5) is 4.39 Å². The first-order valence-corrected chi connectivity index (χ1v) is 2.56. The minimum atomic E-state index is -0.667. The molecule has 0 aliphatic carbocycles. The Morgan fingerprint density at radius 3 is 2.89 bits per heavy atom. The van der Waals surface area contributed by atoms with Gasteiger partial charge in [-0.2, -0.15) is 0 Å². The first-order valence-electron chi connectivity index (χ1n) is 2.56. The van der Waals surface area contributed by atoms with Crippen molar-refractivity contribution in [3.63, 3.8) is 0 Å². The lowest BCUT2D eigenvalue weighted by Crippen LogP contribution is -1.92. The molecule has 0 saturated carbocycles. The van der Waals surface area contributed by atoms with Crippen LogP contribution < -0.4 is 5.73 Å². The molecule has 0 bridgehead atoms. The molecular formula is C5H7FN2O. The third kappa shape index (κ3) is 1.26. The highest BCUT2D eigenvalue weighted by Gasteiger charge is 1.98. The fraction of sp³-hybridized carbons (Fsp3) is 0.400. The molecule has 0 radical (unpaired) electrons. The van der Waals surface area contributed by atoms with Crippen molar-refractivity contribution in [1.82, 2.24) is 4.98 Å². The van der Waals surface area contributed by atoms with Crippen molar-refractivity contribution in [1.29, 1.82) is 0 Å². The van der Waals surface area contributed by atoms with E-state index in [1.165, 1.54) is 6.20 Å². The maximum Gasteiger partial charge on any atom is 0.225 e. The number of nitrogens with zero attached hydrogens (tertiary/aromatic N) is 1. The minimum absolute atomic E-state index is 0.0930. The molecule has 0 fully saturated rings. The summed E-state index contributed by atoms with van der Waals surface area (Å²) in [6.07, 6.45) is 1.43. The highest BCUT2D eigenvalue weighted by molar-refractivity contribution is 4.91. The van der Waals surface area contributed by atoms with Crippen LogP contribution >= 0.6 is 0 Å². The number of alkyl halides is 1. The molecule has 0 aliphatic rings. The van der Waals surface area contributed by atoms with Gasteiger partial charge in [0.15, 0.2) is 6.67 Å². The SMILES string of the molecule is NCc1cnc(CF)o1. The zero-order valence-corrected chi connectivity index (χ0v) is 4.80. The second-order valence-electron chi connectivity index (χ2n) is 1.56. The summed E-state index contributed by atoms with van der Waals surface area (Å²) in [5.74, 6) is 0.609. The average molecular weight is 130 g/mol. The van der Waals surface area contributed by atoms with Crippen LogP contribution in [0.15, 0.2) is 10.6 Å². The van der Waals surface area contributed by atoms with E-state index in [-0.39, 0.29) is 12.4 Å². The zero-order valence-electron chi connectivity index (χ0n) is 4.80. The lowest BCUT2D eigenvalue weighted by atomic mass is 10.5. The Morgan fingerprint density at radius 2 is 2.56 bits per heavy atom. The Morgan fingerprint density at radius 1 is 1.78 bits per heavy atom. The summed E-state index contributed by atoms with van der Waals surface area (Å²) in [7, 11) is 0. The van der Waals surface area contributed by atoms with E-state index in [0.29, 0.717) is 5.76 Å². The van der Waals surface area contributed by atoms with Crippen LogP contribution in [0.1, 0.15) is 11.7 Å². The van der Waals surface area contributed by atoms with Crippen molar-refractivity contribution in [3.8, 4) is 0 Å². The quantitative estimate of drug-likeness (QED) is 0.637. The fourth-order valence-corrected chi connectivity index (χ4v) is 0.504. The summed E-state index contributed by atoms with van der Waals surface area (Å²) in [6.45, 7) is -0.396. The molecule has 4 heteroatoms. The van der Waals surface area contributed by atoms with Crippen molar-refractivity contribution in [2.24, 2.45) is 5.73 Å². The molecule has 0 unspecified atom stereocenters. The topological polar surface area (TPSA) is 52.0 Å². The summed E-state index contributed by atoms with van der Waals surface area (Å²) >= 11 is 0. The molecule has 0 saturated heterocycles.